The Bertz CT molecular complexity index is 1160. The van der Waals surface area contributed by atoms with Gasteiger partial charge in [-0.25, -0.2) is 14.4 Å². The molecule has 3 heterocycles. The molecule has 1 aliphatic rings. The van der Waals surface area contributed by atoms with E-state index in [1.807, 2.05) is 17.0 Å². The normalized spacial score (nSPS) is 14.2. The van der Waals surface area contributed by atoms with Crippen LogP contribution in [0.3, 0.4) is 0 Å². The van der Waals surface area contributed by atoms with Crippen molar-refractivity contribution in [1.82, 2.24) is 15.0 Å². The average molecular weight is 453 g/mol. The Morgan fingerprint density at radius 1 is 1.27 bits per heavy atom. The van der Waals surface area contributed by atoms with Crippen molar-refractivity contribution < 1.29 is 22.8 Å². The first-order valence-corrected chi connectivity index (χ1v) is 10.8. The molecule has 11 heteroatoms. The molecule has 0 amide bonds. The zero-order valence-corrected chi connectivity index (χ0v) is 18.0. The first-order chi connectivity index (χ1) is 14.4. The summed E-state index contributed by atoms with van der Waals surface area (Å²) in [5.74, 6) is 1.000. The van der Waals surface area contributed by atoms with Gasteiger partial charge >= 0.3 is 0 Å². The molecule has 1 unspecified atom stereocenters. The third kappa shape index (κ3) is 3.61. The number of methoxy groups -OCH3 is 2. The van der Waals surface area contributed by atoms with Gasteiger partial charge in [-0.3, -0.25) is 4.21 Å². The van der Waals surface area contributed by atoms with Crippen molar-refractivity contribution in [3.8, 4) is 17.4 Å². The highest BCUT2D eigenvalue weighted by Gasteiger charge is 2.27. The Morgan fingerprint density at radius 3 is 2.77 bits per heavy atom. The van der Waals surface area contributed by atoms with Crippen LogP contribution in [0.25, 0.3) is 10.9 Å². The zero-order chi connectivity index (χ0) is 21.4. The third-order valence-corrected chi connectivity index (χ3v) is 5.63. The molecule has 0 spiro atoms. The Hall–Kier alpha value is -2.72. The standard InChI is InChI=1S/C19H18ClFN4O4S/c1-27-11-5-4-10(12(8-11)28-2)9-25-6-7-29-18-13-15(14(21)16(20)23-18)22-19(30(3)26)24-17(13)25/h4-5,8H,6-7,9H2,1-3H3. The molecule has 158 valence electrons. The summed E-state index contributed by atoms with van der Waals surface area (Å²) in [4.78, 5) is 14.5. The Kier molecular flexibility index (Phi) is 5.61. The highest BCUT2D eigenvalue weighted by Crippen LogP contribution is 2.38. The SMILES string of the molecule is COc1ccc(CN2CCOc3nc(Cl)c(F)c4nc(S(C)=O)nc2c34)c(OC)c1. The van der Waals surface area contributed by atoms with Gasteiger partial charge in [0.25, 0.3) is 0 Å². The third-order valence-electron chi connectivity index (χ3n) is 4.68. The summed E-state index contributed by atoms with van der Waals surface area (Å²) >= 11 is 5.92. The van der Waals surface area contributed by atoms with Gasteiger partial charge in [0.05, 0.1) is 31.6 Å². The van der Waals surface area contributed by atoms with Gasteiger partial charge < -0.3 is 19.1 Å². The number of hydrogen-bond acceptors (Lipinski definition) is 8. The highest BCUT2D eigenvalue weighted by molar-refractivity contribution is 7.84. The summed E-state index contributed by atoms with van der Waals surface area (Å²) in [6.07, 6.45) is 1.43. The van der Waals surface area contributed by atoms with Crippen molar-refractivity contribution in [2.75, 3.05) is 38.5 Å². The van der Waals surface area contributed by atoms with Gasteiger partial charge in [-0.1, -0.05) is 11.6 Å². The molecule has 0 aliphatic carbocycles. The fourth-order valence-corrected chi connectivity index (χ4v) is 3.84. The van der Waals surface area contributed by atoms with Crippen LogP contribution in [-0.2, 0) is 17.3 Å². The maximum atomic E-state index is 14.8. The van der Waals surface area contributed by atoms with Crippen LogP contribution >= 0.6 is 11.6 Å². The van der Waals surface area contributed by atoms with Crippen LogP contribution < -0.4 is 19.1 Å². The number of halogens is 2. The lowest BCUT2D eigenvalue weighted by Crippen LogP contribution is -2.28. The van der Waals surface area contributed by atoms with E-state index in [-0.39, 0.29) is 33.7 Å². The smallest absolute Gasteiger partial charge is 0.228 e. The minimum Gasteiger partial charge on any atom is -0.497 e. The van der Waals surface area contributed by atoms with E-state index in [9.17, 15) is 8.60 Å². The summed E-state index contributed by atoms with van der Waals surface area (Å²) in [5, 5.41) is -0.0745. The molecule has 1 aliphatic heterocycles. The molecule has 0 radical (unpaired) electrons. The van der Waals surface area contributed by atoms with Crippen LogP contribution in [0.4, 0.5) is 10.2 Å². The first-order valence-electron chi connectivity index (χ1n) is 8.91. The predicted octanol–water partition coefficient (Wildman–Crippen LogP) is 2.97. The molecule has 1 aromatic carbocycles. The van der Waals surface area contributed by atoms with Crippen molar-refractivity contribution in [2.45, 2.75) is 11.7 Å². The number of rotatable bonds is 5. The molecule has 8 nitrogen and oxygen atoms in total. The lowest BCUT2D eigenvalue weighted by molar-refractivity contribution is 0.318. The zero-order valence-electron chi connectivity index (χ0n) is 16.4. The second-order valence-corrected chi connectivity index (χ2v) is 8.11. The fourth-order valence-electron chi connectivity index (χ4n) is 3.24. The first kappa shape index (κ1) is 20.5. The van der Waals surface area contributed by atoms with Crippen LogP contribution in [0.1, 0.15) is 5.56 Å². The quantitative estimate of drug-likeness (QED) is 0.431. The molecule has 4 rings (SSSR count). The van der Waals surface area contributed by atoms with Gasteiger partial charge in [-0.15, -0.1) is 0 Å². The molecular formula is C19H18ClFN4O4S. The summed E-state index contributed by atoms with van der Waals surface area (Å²) in [6, 6.07) is 5.48. The fraction of sp³-hybridized carbons (Fsp3) is 0.316. The van der Waals surface area contributed by atoms with E-state index < -0.39 is 16.6 Å². The number of benzene rings is 1. The summed E-state index contributed by atoms with van der Waals surface area (Å²) in [6.45, 7) is 1.07. The van der Waals surface area contributed by atoms with E-state index in [0.717, 1.165) is 5.56 Å². The Morgan fingerprint density at radius 2 is 2.07 bits per heavy atom. The van der Waals surface area contributed by atoms with Crippen molar-refractivity contribution in [3.05, 3.63) is 34.7 Å². The van der Waals surface area contributed by atoms with Gasteiger partial charge in [-0.05, 0) is 12.1 Å². The van der Waals surface area contributed by atoms with Crippen LogP contribution in [0.15, 0.2) is 23.4 Å². The Labute approximate surface area is 179 Å². The molecule has 2 aromatic heterocycles. The van der Waals surface area contributed by atoms with E-state index in [1.165, 1.54) is 6.26 Å². The average Bonchev–Trinajstić information content (AvgIpc) is 2.91. The van der Waals surface area contributed by atoms with Gasteiger partial charge in [0.1, 0.15) is 34.8 Å². The molecule has 0 saturated carbocycles. The highest BCUT2D eigenvalue weighted by atomic mass is 35.5. The van der Waals surface area contributed by atoms with Crippen molar-refractivity contribution >= 4 is 39.1 Å². The molecule has 0 N–H and O–H groups in total. The minimum absolute atomic E-state index is 0.00166. The number of ether oxygens (including phenoxy) is 3. The van der Waals surface area contributed by atoms with Gasteiger partial charge in [0.2, 0.25) is 11.0 Å². The lowest BCUT2D eigenvalue weighted by Gasteiger charge is -2.24. The maximum absolute atomic E-state index is 14.8. The molecule has 0 bridgehead atoms. The molecule has 3 aromatic rings. The molecule has 30 heavy (non-hydrogen) atoms. The van der Waals surface area contributed by atoms with E-state index in [1.54, 1.807) is 20.3 Å². The summed E-state index contributed by atoms with van der Waals surface area (Å²) in [7, 11) is 1.62. The van der Waals surface area contributed by atoms with E-state index in [2.05, 4.69) is 15.0 Å². The van der Waals surface area contributed by atoms with E-state index >= 15 is 0 Å². The molecular weight excluding hydrogens is 435 g/mol. The molecule has 0 fully saturated rings. The van der Waals surface area contributed by atoms with Crippen molar-refractivity contribution in [3.63, 3.8) is 0 Å². The predicted molar refractivity (Wildman–Crippen MR) is 111 cm³/mol. The second kappa shape index (κ2) is 8.19. The Balaban J connectivity index is 1.89. The van der Waals surface area contributed by atoms with E-state index in [4.69, 9.17) is 25.8 Å². The van der Waals surface area contributed by atoms with Crippen molar-refractivity contribution in [1.29, 1.82) is 0 Å². The van der Waals surface area contributed by atoms with Crippen LogP contribution in [0.2, 0.25) is 5.15 Å². The molecule has 0 saturated heterocycles. The van der Waals surface area contributed by atoms with E-state index in [0.29, 0.717) is 30.4 Å². The number of nitrogens with zero attached hydrogens (tertiary/aromatic N) is 4. The number of hydrogen-bond donors (Lipinski definition) is 0. The number of pyridine rings is 1. The summed E-state index contributed by atoms with van der Waals surface area (Å²) < 4.78 is 43.3. The molecule has 1 atom stereocenters. The van der Waals surface area contributed by atoms with Gasteiger partial charge in [-0.2, -0.15) is 4.98 Å². The topological polar surface area (TPSA) is 86.7 Å². The number of aromatic nitrogens is 3. The monoisotopic (exact) mass is 452 g/mol. The largest absolute Gasteiger partial charge is 0.497 e. The van der Waals surface area contributed by atoms with Gasteiger partial charge in [0.15, 0.2) is 11.0 Å². The van der Waals surface area contributed by atoms with Crippen LogP contribution in [0.5, 0.6) is 17.4 Å². The van der Waals surface area contributed by atoms with Crippen LogP contribution in [-0.4, -0.2) is 52.8 Å². The number of anilines is 1. The van der Waals surface area contributed by atoms with Gasteiger partial charge in [0, 0.05) is 24.4 Å². The lowest BCUT2D eigenvalue weighted by atomic mass is 10.1. The maximum Gasteiger partial charge on any atom is 0.228 e. The van der Waals surface area contributed by atoms with Crippen molar-refractivity contribution in [2.24, 2.45) is 0 Å². The second-order valence-electron chi connectivity index (χ2n) is 6.48. The minimum atomic E-state index is -1.53. The van der Waals surface area contributed by atoms with Crippen LogP contribution in [0, 0.1) is 5.82 Å². The summed E-state index contributed by atoms with van der Waals surface area (Å²) in [5.41, 5.74) is 0.781.